The standard InChI is InChI=1S/C15H18N4O2/c1-11-4-3-5-12(8-11)15(21)18-9-14(20)19(2)10-13-16-6-7-17-13/h3-8H,9-10H2,1-2H3,(H,16,17)(H,18,21). The number of carbonyl (C=O) groups is 2. The van der Waals surface area contributed by atoms with Crippen LogP contribution in [-0.4, -0.2) is 40.3 Å². The van der Waals surface area contributed by atoms with Crippen LogP contribution in [0.4, 0.5) is 0 Å². The van der Waals surface area contributed by atoms with Crippen molar-refractivity contribution in [2.24, 2.45) is 0 Å². The van der Waals surface area contributed by atoms with Crippen molar-refractivity contribution in [2.75, 3.05) is 13.6 Å². The number of H-pyrrole nitrogens is 1. The number of amides is 2. The molecule has 2 amide bonds. The first-order valence-corrected chi connectivity index (χ1v) is 6.63. The fourth-order valence-electron chi connectivity index (χ4n) is 1.88. The third kappa shape index (κ3) is 4.17. The summed E-state index contributed by atoms with van der Waals surface area (Å²) in [5, 5.41) is 2.63. The van der Waals surface area contributed by atoms with Crippen LogP contribution in [0.25, 0.3) is 0 Å². The Morgan fingerprint density at radius 3 is 2.86 bits per heavy atom. The van der Waals surface area contributed by atoms with E-state index in [2.05, 4.69) is 15.3 Å². The Hall–Kier alpha value is -2.63. The summed E-state index contributed by atoms with van der Waals surface area (Å²) < 4.78 is 0. The van der Waals surface area contributed by atoms with Crippen molar-refractivity contribution in [1.29, 1.82) is 0 Å². The van der Waals surface area contributed by atoms with Crippen molar-refractivity contribution < 1.29 is 9.59 Å². The molecule has 0 aliphatic rings. The van der Waals surface area contributed by atoms with Crippen molar-refractivity contribution in [3.05, 3.63) is 53.6 Å². The van der Waals surface area contributed by atoms with Gasteiger partial charge < -0.3 is 15.2 Å². The van der Waals surface area contributed by atoms with Gasteiger partial charge in [0.15, 0.2) is 0 Å². The zero-order chi connectivity index (χ0) is 15.2. The minimum atomic E-state index is -0.251. The molecule has 0 fully saturated rings. The van der Waals surface area contributed by atoms with Gasteiger partial charge in [-0.1, -0.05) is 17.7 Å². The van der Waals surface area contributed by atoms with E-state index in [1.54, 1.807) is 31.6 Å². The lowest BCUT2D eigenvalue weighted by molar-refractivity contribution is -0.129. The number of hydrogen-bond acceptors (Lipinski definition) is 3. The Kier molecular flexibility index (Phi) is 4.71. The predicted molar refractivity (Wildman–Crippen MR) is 78.6 cm³/mol. The highest BCUT2D eigenvalue weighted by molar-refractivity contribution is 5.96. The van der Waals surface area contributed by atoms with Crippen molar-refractivity contribution in [3.8, 4) is 0 Å². The molecule has 0 bridgehead atoms. The molecule has 1 aromatic heterocycles. The van der Waals surface area contributed by atoms with Crippen LogP contribution in [0.1, 0.15) is 21.7 Å². The van der Waals surface area contributed by atoms with Gasteiger partial charge in [0.1, 0.15) is 5.82 Å². The molecule has 2 aromatic rings. The molecule has 6 nitrogen and oxygen atoms in total. The van der Waals surface area contributed by atoms with Crippen LogP contribution in [0.2, 0.25) is 0 Å². The van der Waals surface area contributed by atoms with E-state index >= 15 is 0 Å². The van der Waals surface area contributed by atoms with Gasteiger partial charge in [-0.05, 0) is 19.1 Å². The van der Waals surface area contributed by atoms with Crippen molar-refractivity contribution in [3.63, 3.8) is 0 Å². The molecule has 0 unspecified atom stereocenters. The van der Waals surface area contributed by atoms with Gasteiger partial charge in [-0.3, -0.25) is 9.59 Å². The number of carbonyl (C=O) groups excluding carboxylic acids is 2. The van der Waals surface area contributed by atoms with Crippen molar-refractivity contribution in [1.82, 2.24) is 20.2 Å². The van der Waals surface area contributed by atoms with E-state index in [0.29, 0.717) is 17.9 Å². The summed E-state index contributed by atoms with van der Waals surface area (Å²) in [4.78, 5) is 32.4. The summed E-state index contributed by atoms with van der Waals surface area (Å²) >= 11 is 0. The molecule has 0 aliphatic heterocycles. The lowest BCUT2D eigenvalue weighted by Gasteiger charge is -2.16. The third-order valence-electron chi connectivity index (χ3n) is 3.05. The van der Waals surface area contributed by atoms with Gasteiger partial charge in [0, 0.05) is 25.0 Å². The summed E-state index contributed by atoms with van der Waals surface area (Å²) in [5.41, 5.74) is 1.56. The first kappa shape index (κ1) is 14.8. The van der Waals surface area contributed by atoms with Crippen LogP contribution in [0.3, 0.4) is 0 Å². The SMILES string of the molecule is Cc1cccc(C(=O)NCC(=O)N(C)Cc2ncc[nH]2)c1. The Balaban J connectivity index is 1.84. The van der Waals surface area contributed by atoms with Crippen molar-refractivity contribution >= 4 is 11.8 Å². The van der Waals surface area contributed by atoms with E-state index in [9.17, 15) is 9.59 Å². The summed E-state index contributed by atoms with van der Waals surface area (Å²) in [6.45, 7) is 2.26. The Morgan fingerprint density at radius 2 is 2.19 bits per heavy atom. The van der Waals surface area contributed by atoms with Gasteiger partial charge >= 0.3 is 0 Å². The lowest BCUT2D eigenvalue weighted by Crippen LogP contribution is -2.38. The van der Waals surface area contributed by atoms with Gasteiger partial charge in [-0.15, -0.1) is 0 Å². The average Bonchev–Trinajstić information content (AvgIpc) is 2.97. The average molecular weight is 286 g/mol. The van der Waals surface area contributed by atoms with Gasteiger partial charge in [0.2, 0.25) is 5.91 Å². The molecule has 0 saturated carbocycles. The molecule has 6 heteroatoms. The fraction of sp³-hybridized carbons (Fsp3) is 0.267. The number of aromatic nitrogens is 2. The lowest BCUT2D eigenvalue weighted by atomic mass is 10.1. The molecule has 2 rings (SSSR count). The Morgan fingerprint density at radius 1 is 1.38 bits per heavy atom. The van der Waals surface area contributed by atoms with Crippen LogP contribution >= 0.6 is 0 Å². The molecule has 1 heterocycles. The zero-order valence-corrected chi connectivity index (χ0v) is 12.1. The maximum Gasteiger partial charge on any atom is 0.251 e. The predicted octanol–water partition coefficient (Wildman–Crippen LogP) is 1.11. The van der Waals surface area contributed by atoms with E-state index in [4.69, 9.17) is 0 Å². The number of nitrogens with one attached hydrogen (secondary N) is 2. The van der Waals surface area contributed by atoms with E-state index in [0.717, 1.165) is 5.56 Å². The quantitative estimate of drug-likeness (QED) is 0.864. The maximum absolute atomic E-state index is 11.9. The van der Waals surface area contributed by atoms with Gasteiger partial charge in [-0.2, -0.15) is 0 Å². The maximum atomic E-state index is 11.9. The van der Waals surface area contributed by atoms with Crippen molar-refractivity contribution in [2.45, 2.75) is 13.5 Å². The van der Waals surface area contributed by atoms with Crippen LogP contribution < -0.4 is 5.32 Å². The molecule has 0 aliphatic carbocycles. The number of likely N-dealkylation sites (N-methyl/N-ethyl adjacent to an activating group) is 1. The molecule has 21 heavy (non-hydrogen) atoms. The molecule has 2 N–H and O–H groups in total. The van der Waals surface area contributed by atoms with Crippen LogP contribution in [0, 0.1) is 6.92 Å². The third-order valence-corrected chi connectivity index (χ3v) is 3.05. The highest BCUT2D eigenvalue weighted by atomic mass is 16.2. The minimum absolute atomic E-state index is 0.0377. The second kappa shape index (κ2) is 6.69. The number of nitrogens with zero attached hydrogens (tertiary/aromatic N) is 2. The number of aryl methyl sites for hydroxylation is 1. The van der Waals surface area contributed by atoms with E-state index in [1.165, 1.54) is 4.90 Å². The summed E-state index contributed by atoms with van der Waals surface area (Å²) in [7, 11) is 1.67. The zero-order valence-electron chi connectivity index (χ0n) is 12.1. The molecular formula is C15H18N4O2. The number of aromatic amines is 1. The van der Waals surface area contributed by atoms with E-state index in [-0.39, 0.29) is 18.4 Å². The number of imidazole rings is 1. The molecular weight excluding hydrogens is 268 g/mol. The monoisotopic (exact) mass is 286 g/mol. The smallest absolute Gasteiger partial charge is 0.251 e. The first-order chi connectivity index (χ1) is 10.1. The summed E-state index contributed by atoms with van der Waals surface area (Å²) in [5.74, 6) is 0.279. The van der Waals surface area contributed by atoms with Crippen LogP contribution in [0.5, 0.6) is 0 Å². The number of benzene rings is 1. The normalized spacial score (nSPS) is 10.2. The Labute approximate surface area is 123 Å². The molecule has 0 spiro atoms. The molecule has 0 radical (unpaired) electrons. The highest BCUT2D eigenvalue weighted by Gasteiger charge is 2.12. The van der Waals surface area contributed by atoms with Gasteiger partial charge in [0.05, 0.1) is 13.1 Å². The minimum Gasteiger partial charge on any atom is -0.347 e. The van der Waals surface area contributed by atoms with E-state index in [1.807, 2.05) is 19.1 Å². The van der Waals surface area contributed by atoms with Crippen LogP contribution in [0.15, 0.2) is 36.7 Å². The number of rotatable bonds is 5. The second-order valence-electron chi connectivity index (χ2n) is 4.84. The number of hydrogen-bond donors (Lipinski definition) is 2. The first-order valence-electron chi connectivity index (χ1n) is 6.63. The molecule has 1 aromatic carbocycles. The Bertz CT molecular complexity index is 622. The summed E-state index contributed by atoms with van der Waals surface area (Å²) in [6.07, 6.45) is 3.33. The molecule has 0 atom stereocenters. The van der Waals surface area contributed by atoms with E-state index < -0.39 is 0 Å². The largest absolute Gasteiger partial charge is 0.347 e. The van der Waals surface area contributed by atoms with Crippen LogP contribution in [-0.2, 0) is 11.3 Å². The molecule has 0 saturated heterocycles. The topological polar surface area (TPSA) is 78.1 Å². The highest BCUT2D eigenvalue weighted by Crippen LogP contribution is 2.03. The summed E-state index contributed by atoms with van der Waals surface area (Å²) in [6, 6.07) is 7.24. The second-order valence-corrected chi connectivity index (χ2v) is 4.84. The van der Waals surface area contributed by atoms with Gasteiger partial charge in [0.25, 0.3) is 5.91 Å². The fourth-order valence-corrected chi connectivity index (χ4v) is 1.88. The molecule has 110 valence electrons. The van der Waals surface area contributed by atoms with Gasteiger partial charge in [-0.25, -0.2) is 4.98 Å².